The van der Waals surface area contributed by atoms with Crippen LogP contribution in [0, 0.1) is 6.92 Å². The molecule has 8 nitrogen and oxygen atoms in total. The van der Waals surface area contributed by atoms with Crippen molar-refractivity contribution < 1.29 is 9.53 Å². The number of H-pyrrole nitrogens is 1. The summed E-state index contributed by atoms with van der Waals surface area (Å²) in [5, 5.41) is 6.05. The van der Waals surface area contributed by atoms with E-state index >= 15 is 0 Å². The van der Waals surface area contributed by atoms with Gasteiger partial charge in [-0.2, -0.15) is 0 Å². The maximum absolute atomic E-state index is 12.5. The van der Waals surface area contributed by atoms with Crippen LogP contribution in [-0.2, 0) is 4.79 Å². The summed E-state index contributed by atoms with van der Waals surface area (Å²) >= 11 is 1.22. The summed E-state index contributed by atoms with van der Waals surface area (Å²) in [5.41, 5.74) is 2.68. The van der Waals surface area contributed by atoms with Crippen LogP contribution in [0.3, 0.4) is 0 Å². The largest absolute Gasteiger partial charge is 0.494 e. The molecule has 0 atom stereocenters. The van der Waals surface area contributed by atoms with Gasteiger partial charge in [-0.15, -0.1) is 0 Å². The number of hydrogen-bond donors (Lipinski definition) is 2. The number of aromatic amines is 1. The molecule has 0 bridgehead atoms. The number of carbonyl (C=O) groups excluding carboxylic acids is 1. The molecule has 158 valence electrons. The molecule has 0 unspecified atom stereocenters. The zero-order valence-corrected chi connectivity index (χ0v) is 17.9. The molecule has 1 amide bonds. The number of rotatable bonds is 7. The van der Waals surface area contributed by atoms with Gasteiger partial charge in [0.2, 0.25) is 5.91 Å². The summed E-state index contributed by atoms with van der Waals surface area (Å²) in [6.07, 6.45) is 0. The predicted octanol–water partition coefficient (Wildman–Crippen LogP) is 3.52. The van der Waals surface area contributed by atoms with Crippen LogP contribution in [0.25, 0.3) is 17.0 Å². The lowest BCUT2D eigenvalue weighted by molar-refractivity contribution is -0.113. The number of para-hydroxylation sites is 1. The topological polar surface area (TPSA) is 101 Å². The number of nitrogens with one attached hydrogen (secondary N) is 2. The highest BCUT2D eigenvalue weighted by Crippen LogP contribution is 2.24. The molecule has 4 rings (SSSR count). The second-order valence-electron chi connectivity index (χ2n) is 6.75. The fourth-order valence-electron chi connectivity index (χ4n) is 3.01. The van der Waals surface area contributed by atoms with Gasteiger partial charge >= 0.3 is 0 Å². The van der Waals surface area contributed by atoms with Gasteiger partial charge in [0.15, 0.2) is 16.6 Å². The Morgan fingerprint density at radius 2 is 1.94 bits per heavy atom. The molecule has 0 aliphatic rings. The van der Waals surface area contributed by atoms with Crippen LogP contribution < -0.4 is 15.6 Å². The molecule has 0 fully saturated rings. The molecule has 2 heterocycles. The Morgan fingerprint density at radius 1 is 1.16 bits per heavy atom. The third-order valence-electron chi connectivity index (χ3n) is 4.50. The third kappa shape index (κ3) is 4.77. The van der Waals surface area contributed by atoms with E-state index in [0.717, 1.165) is 22.6 Å². The lowest BCUT2D eigenvalue weighted by Gasteiger charge is -2.10. The fraction of sp³-hybridized carbons (Fsp3) is 0.182. The highest BCUT2D eigenvalue weighted by molar-refractivity contribution is 7.99. The van der Waals surface area contributed by atoms with E-state index < -0.39 is 0 Å². The lowest BCUT2D eigenvalue weighted by Crippen LogP contribution is -2.15. The monoisotopic (exact) mass is 435 g/mol. The highest BCUT2D eigenvalue weighted by Gasteiger charge is 2.14. The molecule has 0 saturated heterocycles. The standard InChI is InChI=1S/C22H21N5O3S/c1-3-30-16-10-8-15(9-11-16)21-24-18-12-19(28)26-27(18)22(25-21)31-13-20(29)23-17-7-5-4-6-14(17)2/h4-12H,3,13H2,1-2H3,(H,23,29)(H,26,28). The minimum atomic E-state index is -0.288. The SMILES string of the molecule is CCOc1ccc(-c2nc(SCC(=O)Nc3ccccc3C)n3[nH]c(=O)cc3n2)cc1. The van der Waals surface area contributed by atoms with E-state index in [1.54, 1.807) is 0 Å². The molecule has 9 heteroatoms. The van der Waals surface area contributed by atoms with Crippen molar-refractivity contribution in [1.82, 2.24) is 19.6 Å². The summed E-state index contributed by atoms with van der Waals surface area (Å²) < 4.78 is 6.97. The maximum atomic E-state index is 12.5. The molecule has 0 aliphatic heterocycles. The van der Waals surface area contributed by atoms with Crippen molar-refractivity contribution in [2.24, 2.45) is 0 Å². The van der Waals surface area contributed by atoms with Gasteiger partial charge in [0.1, 0.15) is 5.75 Å². The molecule has 0 spiro atoms. The molecule has 2 N–H and O–H groups in total. The normalized spacial score (nSPS) is 10.9. The van der Waals surface area contributed by atoms with Gasteiger partial charge in [-0.1, -0.05) is 30.0 Å². The van der Waals surface area contributed by atoms with Crippen LogP contribution in [0.4, 0.5) is 5.69 Å². The first-order valence-corrected chi connectivity index (χ1v) is 10.7. The molecule has 0 aliphatic carbocycles. The number of aryl methyl sites for hydroxylation is 1. The molecular formula is C22H21N5O3S. The van der Waals surface area contributed by atoms with Crippen molar-refractivity contribution in [3.63, 3.8) is 0 Å². The molecule has 0 saturated carbocycles. The van der Waals surface area contributed by atoms with Crippen LogP contribution >= 0.6 is 11.8 Å². The number of anilines is 1. The first kappa shape index (κ1) is 20.7. The van der Waals surface area contributed by atoms with Gasteiger partial charge < -0.3 is 10.1 Å². The Morgan fingerprint density at radius 3 is 2.68 bits per heavy atom. The number of fused-ring (bicyclic) bond motifs is 1. The molecule has 2 aromatic carbocycles. The minimum absolute atomic E-state index is 0.128. The van der Waals surface area contributed by atoms with Crippen molar-refractivity contribution in [3.05, 3.63) is 70.5 Å². The Balaban J connectivity index is 1.58. The van der Waals surface area contributed by atoms with Crippen molar-refractivity contribution in [1.29, 1.82) is 0 Å². The number of hydrogen-bond acceptors (Lipinski definition) is 6. The minimum Gasteiger partial charge on any atom is -0.494 e. The van der Waals surface area contributed by atoms with Gasteiger partial charge in [0.25, 0.3) is 5.56 Å². The van der Waals surface area contributed by atoms with Gasteiger partial charge in [-0.05, 0) is 49.7 Å². The summed E-state index contributed by atoms with van der Waals surface area (Å²) in [7, 11) is 0. The Bertz CT molecular complexity index is 1280. The summed E-state index contributed by atoms with van der Waals surface area (Å²) in [6.45, 7) is 4.44. The average Bonchev–Trinajstić information content (AvgIpc) is 3.14. The van der Waals surface area contributed by atoms with Crippen LogP contribution in [-0.4, -0.2) is 37.8 Å². The van der Waals surface area contributed by atoms with E-state index in [9.17, 15) is 9.59 Å². The number of amides is 1. The zero-order valence-electron chi connectivity index (χ0n) is 17.1. The van der Waals surface area contributed by atoms with E-state index in [4.69, 9.17) is 4.74 Å². The van der Waals surface area contributed by atoms with E-state index in [1.165, 1.54) is 22.3 Å². The first-order chi connectivity index (χ1) is 15.0. The number of benzene rings is 2. The number of ether oxygens (including phenoxy) is 1. The highest BCUT2D eigenvalue weighted by atomic mass is 32.2. The lowest BCUT2D eigenvalue weighted by atomic mass is 10.2. The molecule has 0 radical (unpaired) electrons. The van der Waals surface area contributed by atoms with E-state index in [1.807, 2.05) is 62.4 Å². The van der Waals surface area contributed by atoms with Crippen LogP contribution in [0.2, 0.25) is 0 Å². The molecule has 31 heavy (non-hydrogen) atoms. The molecule has 2 aromatic heterocycles. The van der Waals surface area contributed by atoms with Crippen molar-refractivity contribution in [3.8, 4) is 17.1 Å². The van der Waals surface area contributed by atoms with Gasteiger partial charge in [-0.3, -0.25) is 14.7 Å². The van der Waals surface area contributed by atoms with Crippen LogP contribution in [0.5, 0.6) is 5.75 Å². The van der Waals surface area contributed by atoms with Crippen LogP contribution in [0.15, 0.2) is 64.5 Å². The average molecular weight is 436 g/mol. The van der Waals surface area contributed by atoms with E-state index in [0.29, 0.717) is 23.2 Å². The molecular weight excluding hydrogens is 414 g/mol. The fourth-order valence-corrected chi connectivity index (χ4v) is 3.76. The molecule has 4 aromatic rings. The van der Waals surface area contributed by atoms with Gasteiger partial charge in [0.05, 0.1) is 12.4 Å². The number of carbonyl (C=O) groups is 1. The van der Waals surface area contributed by atoms with Gasteiger partial charge in [-0.25, -0.2) is 14.5 Å². The summed E-state index contributed by atoms with van der Waals surface area (Å²) in [4.78, 5) is 33.4. The number of aromatic nitrogens is 4. The Labute approximate surface area is 182 Å². The Hall–Kier alpha value is -3.59. The first-order valence-electron chi connectivity index (χ1n) is 9.75. The van der Waals surface area contributed by atoms with Crippen molar-refractivity contribution in [2.75, 3.05) is 17.7 Å². The third-order valence-corrected chi connectivity index (χ3v) is 5.44. The van der Waals surface area contributed by atoms with Crippen molar-refractivity contribution >= 4 is 29.0 Å². The predicted molar refractivity (Wildman–Crippen MR) is 121 cm³/mol. The summed E-state index contributed by atoms with van der Waals surface area (Å²) in [6, 6.07) is 16.4. The Kier molecular flexibility index (Phi) is 6.03. The van der Waals surface area contributed by atoms with Crippen molar-refractivity contribution in [2.45, 2.75) is 19.0 Å². The summed E-state index contributed by atoms with van der Waals surface area (Å²) in [5.74, 6) is 1.18. The quantitative estimate of drug-likeness (QED) is 0.431. The van der Waals surface area contributed by atoms with E-state index in [2.05, 4.69) is 20.4 Å². The zero-order chi connectivity index (χ0) is 21.8. The second-order valence-corrected chi connectivity index (χ2v) is 7.70. The smallest absolute Gasteiger partial charge is 0.266 e. The van der Waals surface area contributed by atoms with Gasteiger partial charge in [0, 0.05) is 17.3 Å². The maximum Gasteiger partial charge on any atom is 0.266 e. The number of thioether (sulfide) groups is 1. The van der Waals surface area contributed by atoms with Crippen LogP contribution in [0.1, 0.15) is 12.5 Å². The number of nitrogens with zero attached hydrogens (tertiary/aromatic N) is 3. The second kappa shape index (κ2) is 9.05. The van der Waals surface area contributed by atoms with E-state index in [-0.39, 0.29) is 17.2 Å².